The lowest BCUT2D eigenvalue weighted by Gasteiger charge is -2.04. The third kappa shape index (κ3) is 4.66. The van der Waals surface area contributed by atoms with E-state index in [1.807, 2.05) is 23.1 Å². The monoisotopic (exact) mass is 318 g/mol. The van der Waals surface area contributed by atoms with Gasteiger partial charge >= 0.3 is 5.97 Å². The van der Waals surface area contributed by atoms with Crippen LogP contribution in [-0.4, -0.2) is 23.1 Å². The molecule has 0 unspecified atom stereocenters. The molecule has 1 heterocycles. The molecule has 0 aliphatic carbocycles. The fraction of sp³-hybridized carbons (Fsp3) is 0.312. The van der Waals surface area contributed by atoms with Crippen LogP contribution >= 0.6 is 11.3 Å². The summed E-state index contributed by atoms with van der Waals surface area (Å²) in [6.07, 6.45) is 2.13. The van der Waals surface area contributed by atoms with Crippen molar-refractivity contribution in [1.29, 1.82) is 0 Å². The van der Waals surface area contributed by atoms with Crippen molar-refractivity contribution < 1.29 is 14.3 Å². The Bertz CT molecular complexity index is 713. The van der Waals surface area contributed by atoms with Crippen molar-refractivity contribution in [2.45, 2.75) is 26.8 Å². The molecule has 0 atom stereocenters. The lowest BCUT2D eigenvalue weighted by molar-refractivity contribution is -0.147. The van der Waals surface area contributed by atoms with Crippen LogP contribution in [0.3, 0.4) is 0 Å². The van der Waals surface area contributed by atoms with Crippen LogP contribution in [0.15, 0.2) is 40.8 Å². The molecule has 2 rings (SSSR count). The van der Waals surface area contributed by atoms with E-state index in [9.17, 15) is 9.59 Å². The van der Waals surface area contributed by atoms with Crippen molar-refractivity contribution in [3.63, 3.8) is 0 Å². The van der Waals surface area contributed by atoms with Crippen LogP contribution in [0.4, 0.5) is 0 Å². The van der Waals surface area contributed by atoms with E-state index in [1.165, 1.54) is 16.9 Å². The van der Waals surface area contributed by atoms with Gasteiger partial charge in [-0.2, -0.15) is 4.99 Å². The van der Waals surface area contributed by atoms with Crippen molar-refractivity contribution in [3.8, 4) is 0 Å². The SMILES string of the molecule is CCC(=O)OCC(=O)N=c1sccn1Cc1ccc(C)cc1. The van der Waals surface area contributed by atoms with Gasteiger partial charge in [-0.25, -0.2) is 0 Å². The van der Waals surface area contributed by atoms with Crippen molar-refractivity contribution in [2.75, 3.05) is 6.61 Å². The summed E-state index contributed by atoms with van der Waals surface area (Å²) in [4.78, 5) is 27.4. The molecular formula is C16H18N2O3S. The van der Waals surface area contributed by atoms with Gasteiger partial charge in [-0.15, -0.1) is 11.3 Å². The third-order valence-corrected chi connectivity index (χ3v) is 3.79. The smallest absolute Gasteiger partial charge is 0.306 e. The Morgan fingerprint density at radius 3 is 2.68 bits per heavy atom. The lowest BCUT2D eigenvalue weighted by atomic mass is 10.1. The first-order valence-corrected chi connectivity index (χ1v) is 7.89. The van der Waals surface area contributed by atoms with Gasteiger partial charge in [0.05, 0.1) is 0 Å². The number of rotatable bonds is 5. The number of thiazole rings is 1. The predicted molar refractivity (Wildman–Crippen MR) is 84.4 cm³/mol. The van der Waals surface area contributed by atoms with Crippen molar-refractivity contribution in [2.24, 2.45) is 4.99 Å². The molecule has 0 aliphatic heterocycles. The summed E-state index contributed by atoms with van der Waals surface area (Å²) < 4.78 is 6.68. The second kappa shape index (κ2) is 7.70. The van der Waals surface area contributed by atoms with Gasteiger partial charge < -0.3 is 9.30 Å². The average Bonchev–Trinajstić information content (AvgIpc) is 2.94. The molecule has 1 aromatic carbocycles. The summed E-state index contributed by atoms with van der Waals surface area (Å²) in [6.45, 7) is 4.05. The quantitative estimate of drug-likeness (QED) is 0.795. The summed E-state index contributed by atoms with van der Waals surface area (Å²) in [7, 11) is 0. The molecule has 5 nitrogen and oxygen atoms in total. The van der Waals surface area contributed by atoms with Crippen LogP contribution in [-0.2, 0) is 20.9 Å². The van der Waals surface area contributed by atoms with Crippen molar-refractivity contribution in [3.05, 3.63) is 51.8 Å². The maximum Gasteiger partial charge on any atom is 0.306 e. The molecule has 0 saturated heterocycles. The normalized spacial score (nSPS) is 11.5. The summed E-state index contributed by atoms with van der Waals surface area (Å²) in [5, 5.41) is 1.87. The highest BCUT2D eigenvalue weighted by atomic mass is 32.1. The van der Waals surface area contributed by atoms with Gasteiger partial charge in [-0.3, -0.25) is 9.59 Å². The third-order valence-electron chi connectivity index (χ3n) is 3.00. The van der Waals surface area contributed by atoms with Crippen LogP contribution in [0.25, 0.3) is 0 Å². The number of nitrogens with zero attached hydrogens (tertiary/aromatic N) is 2. The molecule has 6 heteroatoms. The van der Waals surface area contributed by atoms with Crippen LogP contribution in [0.1, 0.15) is 24.5 Å². The highest BCUT2D eigenvalue weighted by molar-refractivity contribution is 7.07. The van der Waals surface area contributed by atoms with E-state index < -0.39 is 11.9 Å². The number of aryl methyl sites for hydroxylation is 1. The van der Waals surface area contributed by atoms with E-state index in [0.717, 1.165) is 5.56 Å². The van der Waals surface area contributed by atoms with Crippen LogP contribution < -0.4 is 4.80 Å². The van der Waals surface area contributed by atoms with E-state index in [0.29, 0.717) is 11.3 Å². The Balaban J connectivity index is 2.08. The van der Waals surface area contributed by atoms with Gasteiger partial charge in [0, 0.05) is 24.5 Å². The predicted octanol–water partition coefficient (Wildman–Crippen LogP) is 2.29. The minimum Gasteiger partial charge on any atom is -0.455 e. The van der Waals surface area contributed by atoms with E-state index in [1.54, 1.807) is 6.92 Å². The number of carbonyl (C=O) groups is 2. The first-order chi connectivity index (χ1) is 10.6. The molecule has 2 aromatic rings. The van der Waals surface area contributed by atoms with E-state index in [4.69, 9.17) is 4.74 Å². The van der Waals surface area contributed by atoms with Crippen LogP contribution in [0.5, 0.6) is 0 Å². The van der Waals surface area contributed by atoms with E-state index in [-0.39, 0.29) is 13.0 Å². The first-order valence-electron chi connectivity index (χ1n) is 7.01. The van der Waals surface area contributed by atoms with E-state index >= 15 is 0 Å². The highest BCUT2D eigenvalue weighted by Crippen LogP contribution is 2.05. The van der Waals surface area contributed by atoms with Gasteiger partial charge in [0.15, 0.2) is 11.4 Å². The molecule has 1 amide bonds. The molecule has 0 aliphatic rings. The van der Waals surface area contributed by atoms with Crippen molar-refractivity contribution >= 4 is 23.2 Å². The number of hydrogen-bond donors (Lipinski definition) is 0. The van der Waals surface area contributed by atoms with Crippen molar-refractivity contribution in [1.82, 2.24) is 4.57 Å². The zero-order valence-corrected chi connectivity index (χ0v) is 13.4. The number of amides is 1. The topological polar surface area (TPSA) is 60.7 Å². The number of carbonyl (C=O) groups excluding carboxylic acids is 2. The molecule has 0 spiro atoms. The molecule has 1 aromatic heterocycles. The summed E-state index contributed by atoms with van der Waals surface area (Å²) in [5.74, 6) is -0.857. The standard InChI is InChI=1S/C16H18N2O3S/c1-3-15(20)21-11-14(19)17-16-18(8-9-22-16)10-13-6-4-12(2)5-7-13/h4-9H,3,10-11H2,1-2H3. The maximum atomic E-state index is 11.7. The van der Waals surface area contributed by atoms with Gasteiger partial charge in [0.1, 0.15) is 0 Å². The van der Waals surface area contributed by atoms with Gasteiger partial charge in [-0.1, -0.05) is 36.8 Å². The largest absolute Gasteiger partial charge is 0.455 e. The fourth-order valence-corrected chi connectivity index (χ4v) is 2.53. The molecule has 0 fully saturated rings. The fourth-order valence-electron chi connectivity index (χ4n) is 1.78. The minimum absolute atomic E-state index is 0.250. The Morgan fingerprint density at radius 1 is 1.27 bits per heavy atom. The zero-order valence-electron chi connectivity index (χ0n) is 12.6. The molecule has 0 bridgehead atoms. The van der Waals surface area contributed by atoms with Gasteiger partial charge in [0.25, 0.3) is 5.91 Å². The lowest BCUT2D eigenvalue weighted by Crippen LogP contribution is -2.19. The Hall–Kier alpha value is -2.21. The number of aromatic nitrogens is 1. The Labute approximate surface area is 132 Å². The van der Waals surface area contributed by atoms with Crippen LogP contribution in [0, 0.1) is 6.92 Å². The molecule has 0 N–H and O–H groups in total. The second-order valence-electron chi connectivity index (χ2n) is 4.82. The summed E-state index contributed by atoms with van der Waals surface area (Å²) in [5.41, 5.74) is 2.34. The minimum atomic E-state index is -0.457. The number of esters is 1. The maximum absolute atomic E-state index is 11.7. The average molecular weight is 318 g/mol. The molecule has 0 radical (unpaired) electrons. The highest BCUT2D eigenvalue weighted by Gasteiger charge is 2.05. The van der Waals surface area contributed by atoms with E-state index in [2.05, 4.69) is 29.3 Å². The zero-order chi connectivity index (χ0) is 15.9. The number of ether oxygens (including phenoxy) is 1. The molecule has 116 valence electrons. The summed E-state index contributed by atoms with van der Waals surface area (Å²) >= 11 is 1.38. The van der Waals surface area contributed by atoms with Gasteiger partial charge in [0.2, 0.25) is 0 Å². The van der Waals surface area contributed by atoms with Gasteiger partial charge in [-0.05, 0) is 12.5 Å². The molecular weight excluding hydrogens is 300 g/mol. The second-order valence-corrected chi connectivity index (χ2v) is 5.69. The summed E-state index contributed by atoms with van der Waals surface area (Å²) in [6, 6.07) is 8.20. The Morgan fingerprint density at radius 2 is 2.00 bits per heavy atom. The molecule has 0 saturated carbocycles. The first kappa shape index (κ1) is 16.2. The Kier molecular flexibility index (Phi) is 5.66. The number of benzene rings is 1. The number of hydrogen-bond acceptors (Lipinski definition) is 4. The molecule has 22 heavy (non-hydrogen) atoms. The van der Waals surface area contributed by atoms with Crippen LogP contribution in [0.2, 0.25) is 0 Å².